The van der Waals surface area contributed by atoms with Crippen LogP contribution in [0.2, 0.25) is 0 Å². The average Bonchev–Trinajstić information content (AvgIpc) is 3.23. The lowest BCUT2D eigenvalue weighted by molar-refractivity contribution is -0.258. The number of thiophene rings is 1. The van der Waals surface area contributed by atoms with Crippen LogP contribution in [0.5, 0.6) is 0 Å². The summed E-state index contributed by atoms with van der Waals surface area (Å²) < 4.78 is 91.0. The van der Waals surface area contributed by atoms with Gasteiger partial charge in [0.05, 0.1) is 0 Å². The Balaban J connectivity index is 1.95. The van der Waals surface area contributed by atoms with E-state index in [-0.39, 0.29) is 22.9 Å². The Hall–Kier alpha value is -2.54. The van der Waals surface area contributed by atoms with Crippen LogP contribution >= 0.6 is 11.3 Å². The first-order valence-corrected chi connectivity index (χ1v) is 10.5. The van der Waals surface area contributed by atoms with Crippen LogP contribution in [0.3, 0.4) is 0 Å². The molecule has 160 valence electrons. The van der Waals surface area contributed by atoms with E-state index in [0.717, 1.165) is 11.3 Å². The Labute approximate surface area is 178 Å². The fourth-order valence-electron chi connectivity index (χ4n) is 4.74. The van der Waals surface area contributed by atoms with E-state index in [2.05, 4.69) is 0 Å². The molecule has 0 spiro atoms. The van der Waals surface area contributed by atoms with E-state index in [4.69, 9.17) is 0 Å². The molecule has 0 N–H and O–H groups in total. The third kappa shape index (κ3) is 2.44. The lowest BCUT2D eigenvalue weighted by Crippen LogP contribution is -2.49. The molecule has 0 saturated carbocycles. The van der Waals surface area contributed by atoms with Crippen LogP contribution < -0.4 is 0 Å². The first kappa shape index (κ1) is 20.4. The summed E-state index contributed by atoms with van der Waals surface area (Å²) in [4.78, 5) is 0.298. The Bertz CT molecular complexity index is 1310. The number of hydrogen-bond acceptors (Lipinski definition) is 1. The second-order valence-corrected chi connectivity index (χ2v) is 9.25. The lowest BCUT2D eigenvalue weighted by Gasteiger charge is -2.26. The Kier molecular flexibility index (Phi) is 4.11. The van der Waals surface area contributed by atoms with Crippen LogP contribution in [0.4, 0.5) is 26.3 Å². The molecule has 0 aliphatic heterocycles. The Morgan fingerprint density at radius 1 is 0.774 bits per heavy atom. The van der Waals surface area contributed by atoms with Gasteiger partial charge in [0.15, 0.2) is 0 Å². The van der Waals surface area contributed by atoms with Gasteiger partial charge in [0.1, 0.15) is 0 Å². The molecule has 0 fully saturated rings. The summed E-state index contributed by atoms with van der Waals surface area (Å²) in [6, 6.07) is 13.0. The molecule has 5 rings (SSSR count). The Morgan fingerprint density at radius 2 is 1.39 bits per heavy atom. The molecule has 2 aliphatic rings. The van der Waals surface area contributed by atoms with Crippen LogP contribution in [0.1, 0.15) is 28.5 Å². The number of fused-ring (bicyclic) bond motifs is 2. The number of aryl methyl sites for hydroxylation is 1. The van der Waals surface area contributed by atoms with Crippen LogP contribution in [0.25, 0.3) is 21.2 Å². The van der Waals surface area contributed by atoms with E-state index < -0.39 is 28.9 Å². The van der Waals surface area contributed by atoms with Crippen LogP contribution in [0.15, 0.2) is 59.7 Å². The third-order valence-corrected chi connectivity index (χ3v) is 7.19. The van der Waals surface area contributed by atoms with Gasteiger partial charge in [0.2, 0.25) is 0 Å². The van der Waals surface area contributed by atoms with Gasteiger partial charge in [-0.2, -0.15) is 26.3 Å². The number of alkyl halides is 6. The molecule has 0 radical (unpaired) electrons. The highest BCUT2D eigenvalue weighted by molar-refractivity contribution is 7.19. The molecule has 1 aromatic heterocycles. The van der Waals surface area contributed by atoms with E-state index in [1.807, 2.05) is 0 Å². The highest BCUT2D eigenvalue weighted by Crippen LogP contribution is 2.66. The largest absolute Gasteiger partial charge is 0.380 e. The van der Waals surface area contributed by atoms with Crippen molar-refractivity contribution in [2.45, 2.75) is 38.0 Å². The summed E-state index contributed by atoms with van der Waals surface area (Å²) in [7, 11) is 0. The zero-order chi connectivity index (χ0) is 22.3. The quantitative estimate of drug-likeness (QED) is 0.348. The molecule has 3 aromatic rings. The van der Waals surface area contributed by atoms with Crippen LogP contribution in [-0.4, -0.2) is 17.8 Å². The van der Waals surface area contributed by atoms with E-state index in [1.165, 1.54) is 26.0 Å². The molecule has 0 unspecified atom stereocenters. The maximum atomic E-state index is 15.3. The molecule has 0 saturated heterocycles. The van der Waals surface area contributed by atoms with E-state index >= 15 is 17.6 Å². The number of allylic oxidation sites excluding steroid dienone is 4. The molecular formula is C24H16F6S. The third-order valence-electron chi connectivity index (χ3n) is 6.11. The van der Waals surface area contributed by atoms with Crippen molar-refractivity contribution in [3.05, 3.63) is 81.2 Å². The summed E-state index contributed by atoms with van der Waals surface area (Å²) in [5.74, 6) is -15.6. The molecule has 0 atom stereocenters. The minimum atomic E-state index is -5.55. The van der Waals surface area contributed by atoms with Crippen molar-refractivity contribution < 1.29 is 26.3 Å². The van der Waals surface area contributed by atoms with Crippen molar-refractivity contribution in [3.63, 3.8) is 0 Å². The number of hydrogen-bond donors (Lipinski definition) is 0. The predicted molar refractivity (Wildman–Crippen MR) is 111 cm³/mol. The molecule has 0 bridgehead atoms. The van der Waals surface area contributed by atoms with Gasteiger partial charge in [-0.05, 0) is 43.0 Å². The van der Waals surface area contributed by atoms with Crippen molar-refractivity contribution >= 4 is 32.6 Å². The molecule has 1 heterocycles. The molecule has 0 nitrogen and oxygen atoms in total. The van der Waals surface area contributed by atoms with Gasteiger partial charge in [-0.25, -0.2) is 0 Å². The second kappa shape index (κ2) is 6.25. The summed E-state index contributed by atoms with van der Waals surface area (Å²) >= 11 is 1.12. The summed E-state index contributed by atoms with van der Waals surface area (Å²) in [6.45, 7) is 3.03. The topological polar surface area (TPSA) is 0 Å². The van der Waals surface area contributed by atoms with E-state index in [0.29, 0.717) is 26.3 Å². The smallest absolute Gasteiger partial charge is 0.194 e. The van der Waals surface area contributed by atoms with Crippen molar-refractivity contribution in [1.29, 1.82) is 0 Å². The number of rotatable bonds is 2. The normalized spacial score (nSPS) is 21.3. The second-order valence-electron chi connectivity index (χ2n) is 7.99. The number of halogens is 6. The molecule has 2 aromatic carbocycles. The van der Waals surface area contributed by atoms with Gasteiger partial charge in [-0.1, -0.05) is 48.0 Å². The standard InChI is InChI=1S/C24H16F6S/c1-12-11-14-7-3-4-8-15(14)18(12)20-21(23(27,28)24(29,30)22(20,25)26)19-13(2)31-17-10-6-5-9-16(17)19/h3-10H,11H2,1-2H3. The monoisotopic (exact) mass is 450 g/mol. The van der Waals surface area contributed by atoms with Crippen LogP contribution in [-0.2, 0) is 6.42 Å². The highest BCUT2D eigenvalue weighted by Gasteiger charge is 2.80. The molecular weight excluding hydrogens is 434 g/mol. The van der Waals surface area contributed by atoms with Gasteiger partial charge in [-0.3, -0.25) is 0 Å². The average molecular weight is 450 g/mol. The zero-order valence-electron chi connectivity index (χ0n) is 16.5. The van der Waals surface area contributed by atoms with Crippen molar-refractivity contribution in [2.24, 2.45) is 0 Å². The van der Waals surface area contributed by atoms with Gasteiger partial charge >= 0.3 is 17.8 Å². The fourth-order valence-corrected chi connectivity index (χ4v) is 5.81. The summed E-state index contributed by atoms with van der Waals surface area (Å²) in [5.41, 5.74) is -1.59. The maximum Gasteiger partial charge on any atom is 0.380 e. The maximum absolute atomic E-state index is 15.3. The van der Waals surface area contributed by atoms with Crippen LogP contribution in [0, 0.1) is 6.92 Å². The van der Waals surface area contributed by atoms with Gasteiger partial charge < -0.3 is 0 Å². The lowest BCUT2D eigenvalue weighted by atomic mass is 9.89. The number of benzene rings is 2. The molecule has 0 amide bonds. The predicted octanol–water partition coefficient (Wildman–Crippen LogP) is 7.91. The van der Waals surface area contributed by atoms with Gasteiger partial charge in [0, 0.05) is 31.7 Å². The van der Waals surface area contributed by atoms with Crippen molar-refractivity contribution in [3.8, 4) is 0 Å². The summed E-state index contributed by atoms with van der Waals surface area (Å²) in [6.07, 6.45) is 0.249. The van der Waals surface area contributed by atoms with Gasteiger partial charge in [0.25, 0.3) is 0 Å². The zero-order valence-corrected chi connectivity index (χ0v) is 17.3. The van der Waals surface area contributed by atoms with E-state index in [1.54, 1.807) is 36.4 Å². The van der Waals surface area contributed by atoms with Crippen molar-refractivity contribution in [1.82, 2.24) is 0 Å². The minimum absolute atomic E-state index is 0.192. The minimum Gasteiger partial charge on any atom is -0.194 e. The first-order valence-electron chi connectivity index (χ1n) is 9.65. The fraction of sp³-hybridized carbons (Fsp3) is 0.250. The summed E-state index contributed by atoms with van der Waals surface area (Å²) in [5, 5.41) is 0.273. The first-order chi connectivity index (χ1) is 14.5. The molecule has 7 heteroatoms. The van der Waals surface area contributed by atoms with E-state index in [9.17, 15) is 8.78 Å². The Morgan fingerprint density at radius 3 is 2.13 bits per heavy atom. The SMILES string of the molecule is CC1=C(C2=C(c3c(C)sc4ccccc34)C(F)(F)C(F)(F)C2(F)F)c2ccccc2C1. The molecule has 31 heavy (non-hydrogen) atoms. The van der Waals surface area contributed by atoms with Crippen molar-refractivity contribution in [2.75, 3.05) is 0 Å². The van der Waals surface area contributed by atoms with Gasteiger partial charge in [-0.15, -0.1) is 11.3 Å². The highest BCUT2D eigenvalue weighted by atomic mass is 32.1. The molecule has 2 aliphatic carbocycles.